The fourth-order valence-corrected chi connectivity index (χ4v) is 3.13. The molecule has 1 aromatic carbocycles. The number of halogens is 1. The molecule has 2 rings (SSSR count). The number of ether oxygens (including phenoxy) is 1. The summed E-state index contributed by atoms with van der Waals surface area (Å²) in [6.45, 7) is 5.11. The lowest BCUT2D eigenvalue weighted by molar-refractivity contribution is -0.133. The van der Waals surface area contributed by atoms with Crippen LogP contribution < -0.4 is 0 Å². The number of fused-ring (bicyclic) bond motifs is 1. The fraction of sp³-hybridized carbons (Fsp3) is 0.429. The van der Waals surface area contributed by atoms with Crippen molar-refractivity contribution < 1.29 is 14.6 Å². The van der Waals surface area contributed by atoms with Gasteiger partial charge in [0.1, 0.15) is 0 Å². The Hall–Kier alpha value is -1.24. The van der Waals surface area contributed by atoms with Crippen molar-refractivity contribution in [1.29, 1.82) is 0 Å². The molecule has 1 heterocycles. The Morgan fingerprint density at radius 1 is 1.57 bits per heavy atom. The smallest absolute Gasteiger partial charge is 0.313 e. The Balaban J connectivity index is 2.40. The van der Waals surface area contributed by atoms with E-state index >= 15 is 0 Å². The number of hydrogen-bond donors (Lipinski definition) is 1. The molecule has 21 heavy (non-hydrogen) atoms. The van der Waals surface area contributed by atoms with Crippen molar-refractivity contribution in [3.05, 3.63) is 23.2 Å². The highest BCUT2D eigenvalue weighted by atomic mass is 35.5. The maximum Gasteiger partial charge on any atom is 0.313 e. The predicted octanol–water partition coefficient (Wildman–Crippen LogP) is 3.29. The molecule has 0 saturated heterocycles. The van der Waals surface area contributed by atoms with Crippen LogP contribution >= 0.6 is 23.4 Å². The SMILES string of the molecule is CCOC(C)Cn1c(SCC(=O)O)nc2cccc(Cl)c21. The number of rotatable bonds is 7. The van der Waals surface area contributed by atoms with Gasteiger partial charge in [0.05, 0.1) is 34.5 Å². The van der Waals surface area contributed by atoms with E-state index < -0.39 is 5.97 Å². The Bertz CT molecular complexity index is 644. The molecule has 0 aliphatic heterocycles. The Morgan fingerprint density at radius 2 is 2.33 bits per heavy atom. The first-order chi connectivity index (χ1) is 10.0. The van der Waals surface area contributed by atoms with Crippen molar-refractivity contribution in [3.8, 4) is 0 Å². The standard InChI is InChI=1S/C14H17ClN2O3S/c1-3-20-9(2)7-17-13-10(15)5-4-6-11(13)16-14(17)21-8-12(18)19/h4-6,9H,3,7-8H2,1-2H3,(H,18,19). The zero-order chi connectivity index (χ0) is 15.4. The lowest BCUT2D eigenvalue weighted by Crippen LogP contribution is -2.17. The molecule has 1 unspecified atom stereocenters. The molecule has 0 radical (unpaired) electrons. The molecule has 0 fully saturated rings. The van der Waals surface area contributed by atoms with Crippen molar-refractivity contribution >= 4 is 40.4 Å². The molecule has 0 saturated carbocycles. The monoisotopic (exact) mass is 328 g/mol. The van der Waals surface area contributed by atoms with E-state index in [1.54, 1.807) is 6.07 Å². The van der Waals surface area contributed by atoms with E-state index in [-0.39, 0.29) is 11.9 Å². The highest BCUT2D eigenvalue weighted by Gasteiger charge is 2.17. The number of carboxylic acids is 1. The van der Waals surface area contributed by atoms with Crippen LogP contribution in [-0.4, -0.2) is 39.1 Å². The van der Waals surface area contributed by atoms with Crippen molar-refractivity contribution in [2.75, 3.05) is 12.4 Å². The largest absolute Gasteiger partial charge is 0.481 e. The average Bonchev–Trinajstić information content (AvgIpc) is 2.76. The Labute approximate surface area is 132 Å². The highest BCUT2D eigenvalue weighted by Crippen LogP contribution is 2.29. The van der Waals surface area contributed by atoms with Gasteiger partial charge in [0, 0.05) is 6.61 Å². The Kier molecular flexibility index (Phi) is 5.50. The summed E-state index contributed by atoms with van der Waals surface area (Å²) in [6.07, 6.45) is -0.00662. The molecule has 5 nitrogen and oxygen atoms in total. The normalized spacial score (nSPS) is 12.7. The van der Waals surface area contributed by atoms with Gasteiger partial charge in [-0.3, -0.25) is 4.79 Å². The van der Waals surface area contributed by atoms with E-state index in [4.69, 9.17) is 21.4 Å². The molecular formula is C14H17ClN2O3S. The minimum atomic E-state index is -0.873. The zero-order valence-electron chi connectivity index (χ0n) is 11.9. The number of hydrogen-bond acceptors (Lipinski definition) is 4. The van der Waals surface area contributed by atoms with E-state index in [2.05, 4.69) is 4.98 Å². The Morgan fingerprint density at radius 3 is 3.00 bits per heavy atom. The zero-order valence-corrected chi connectivity index (χ0v) is 13.4. The molecule has 114 valence electrons. The lowest BCUT2D eigenvalue weighted by Gasteiger charge is -2.15. The van der Waals surface area contributed by atoms with Crippen molar-refractivity contribution in [1.82, 2.24) is 9.55 Å². The van der Waals surface area contributed by atoms with E-state index in [1.165, 1.54) is 11.8 Å². The summed E-state index contributed by atoms with van der Waals surface area (Å²) >= 11 is 7.46. The number of aromatic nitrogens is 2. The summed E-state index contributed by atoms with van der Waals surface area (Å²) in [5.41, 5.74) is 1.58. The number of carbonyl (C=O) groups is 1. The number of nitrogens with zero attached hydrogens (tertiary/aromatic N) is 2. The summed E-state index contributed by atoms with van der Waals surface area (Å²) in [5, 5.41) is 10.1. The van der Waals surface area contributed by atoms with Crippen molar-refractivity contribution in [2.24, 2.45) is 0 Å². The first kappa shape index (κ1) is 16.1. The number of para-hydroxylation sites is 1. The van der Waals surface area contributed by atoms with Gasteiger partial charge in [0.25, 0.3) is 0 Å². The second-order valence-electron chi connectivity index (χ2n) is 4.56. The van der Waals surface area contributed by atoms with Gasteiger partial charge < -0.3 is 14.4 Å². The summed E-state index contributed by atoms with van der Waals surface area (Å²) in [6, 6.07) is 5.51. The molecule has 0 amide bonds. The van der Waals surface area contributed by atoms with Crippen LogP contribution in [0.15, 0.2) is 23.4 Å². The minimum Gasteiger partial charge on any atom is -0.481 e. The number of carboxylic acid groups (broad SMARTS) is 1. The van der Waals surface area contributed by atoms with E-state index in [9.17, 15) is 4.79 Å². The van der Waals surface area contributed by atoms with E-state index in [1.807, 2.05) is 30.5 Å². The molecule has 1 atom stereocenters. The second kappa shape index (κ2) is 7.15. The molecule has 0 aliphatic rings. The fourth-order valence-electron chi connectivity index (χ4n) is 2.12. The topological polar surface area (TPSA) is 64.3 Å². The molecule has 0 spiro atoms. The molecule has 1 N–H and O–H groups in total. The minimum absolute atomic E-state index is 0.00662. The van der Waals surface area contributed by atoms with Crippen LogP contribution in [0.1, 0.15) is 13.8 Å². The molecule has 0 bridgehead atoms. The maximum absolute atomic E-state index is 10.8. The molecule has 2 aromatic rings. The number of aliphatic carboxylic acids is 1. The van der Waals surface area contributed by atoms with Gasteiger partial charge in [0.2, 0.25) is 0 Å². The molecule has 1 aromatic heterocycles. The average molecular weight is 329 g/mol. The number of benzene rings is 1. The summed E-state index contributed by atoms with van der Waals surface area (Å²) in [7, 11) is 0. The maximum atomic E-state index is 10.8. The van der Waals surface area contributed by atoms with Crippen LogP contribution in [0.5, 0.6) is 0 Å². The van der Waals surface area contributed by atoms with Gasteiger partial charge in [-0.15, -0.1) is 0 Å². The van der Waals surface area contributed by atoms with Crippen LogP contribution in [0.4, 0.5) is 0 Å². The van der Waals surface area contributed by atoms with Crippen molar-refractivity contribution in [3.63, 3.8) is 0 Å². The molecular weight excluding hydrogens is 312 g/mol. The van der Waals surface area contributed by atoms with Gasteiger partial charge in [-0.1, -0.05) is 29.4 Å². The van der Waals surface area contributed by atoms with Gasteiger partial charge in [-0.2, -0.15) is 0 Å². The van der Waals surface area contributed by atoms with Crippen LogP contribution in [0.2, 0.25) is 5.02 Å². The van der Waals surface area contributed by atoms with Gasteiger partial charge in [-0.25, -0.2) is 4.98 Å². The third-order valence-corrected chi connectivity index (χ3v) is 4.16. The van der Waals surface area contributed by atoms with Gasteiger partial charge >= 0.3 is 5.97 Å². The van der Waals surface area contributed by atoms with Crippen LogP contribution in [0.25, 0.3) is 11.0 Å². The van der Waals surface area contributed by atoms with E-state index in [0.29, 0.717) is 23.3 Å². The first-order valence-electron chi connectivity index (χ1n) is 6.63. The first-order valence-corrected chi connectivity index (χ1v) is 8.00. The molecule has 7 heteroatoms. The predicted molar refractivity (Wildman–Crippen MR) is 84.2 cm³/mol. The summed E-state index contributed by atoms with van der Waals surface area (Å²) < 4.78 is 7.50. The quantitative estimate of drug-likeness (QED) is 0.790. The summed E-state index contributed by atoms with van der Waals surface area (Å²) in [5.74, 6) is -0.910. The second-order valence-corrected chi connectivity index (χ2v) is 5.91. The highest BCUT2D eigenvalue weighted by molar-refractivity contribution is 7.99. The van der Waals surface area contributed by atoms with E-state index in [0.717, 1.165) is 11.0 Å². The van der Waals surface area contributed by atoms with Crippen molar-refractivity contribution in [2.45, 2.75) is 31.7 Å². The third-order valence-electron chi connectivity index (χ3n) is 2.90. The summed E-state index contributed by atoms with van der Waals surface area (Å²) in [4.78, 5) is 15.3. The van der Waals surface area contributed by atoms with Crippen LogP contribution in [-0.2, 0) is 16.1 Å². The van der Waals surface area contributed by atoms with Crippen LogP contribution in [0, 0.1) is 0 Å². The number of thioether (sulfide) groups is 1. The van der Waals surface area contributed by atoms with Crippen LogP contribution in [0.3, 0.4) is 0 Å². The van der Waals surface area contributed by atoms with Gasteiger partial charge in [0.15, 0.2) is 5.16 Å². The lowest BCUT2D eigenvalue weighted by atomic mass is 10.3. The number of imidazole rings is 1. The molecule has 0 aliphatic carbocycles. The van der Waals surface area contributed by atoms with Gasteiger partial charge in [-0.05, 0) is 26.0 Å². The third kappa shape index (κ3) is 3.90.